The Labute approximate surface area is 179 Å². The number of sulfonamides is 1. The summed E-state index contributed by atoms with van der Waals surface area (Å²) in [6.07, 6.45) is 0. The third kappa shape index (κ3) is 6.66. The molecule has 0 heterocycles. The van der Waals surface area contributed by atoms with E-state index < -0.39 is 35.1 Å². The Balaban J connectivity index is 1.89. The lowest BCUT2D eigenvalue weighted by Gasteiger charge is -2.16. The number of aryl methyl sites for hydroxylation is 1. The van der Waals surface area contributed by atoms with Crippen LogP contribution in [0.15, 0.2) is 51.8 Å². The van der Waals surface area contributed by atoms with Gasteiger partial charge in [0.15, 0.2) is 6.61 Å². The quantitative estimate of drug-likeness (QED) is 0.561. The lowest BCUT2D eigenvalue weighted by Crippen LogP contribution is -2.32. The van der Waals surface area contributed by atoms with Crippen LogP contribution in [0.2, 0.25) is 0 Å². The smallest absolute Gasteiger partial charge is 0.321 e. The highest BCUT2D eigenvalue weighted by Gasteiger charge is 2.18. The Morgan fingerprint density at radius 2 is 1.83 bits per heavy atom. The first-order valence-electron chi connectivity index (χ1n) is 8.90. The molecule has 2 aromatic rings. The Morgan fingerprint density at radius 1 is 1.14 bits per heavy atom. The number of hydrogen-bond donors (Lipinski definition) is 2. The maximum atomic E-state index is 12.2. The van der Waals surface area contributed by atoms with Crippen LogP contribution in [0.1, 0.15) is 30.9 Å². The van der Waals surface area contributed by atoms with Crippen LogP contribution in [0.3, 0.4) is 0 Å². The SMILES string of the molecule is Cc1cccc(C(C)C)c1NC(=O)COC(=O)CNS(=O)(=O)c1cccc(Br)c1. The van der Waals surface area contributed by atoms with Gasteiger partial charge in [0.2, 0.25) is 10.0 Å². The molecule has 29 heavy (non-hydrogen) atoms. The fourth-order valence-corrected chi connectivity index (χ4v) is 4.15. The molecule has 0 unspecified atom stereocenters. The van der Waals surface area contributed by atoms with Gasteiger partial charge in [0.25, 0.3) is 5.91 Å². The van der Waals surface area contributed by atoms with Gasteiger partial charge >= 0.3 is 5.97 Å². The number of anilines is 1. The van der Waals surface area contributed by atoms with E-state index in [0.717, 1.165) is 11.1 Å². The summed E-state index contributed by atoms with van der Waals surface area (Å²) < 4.78 is 32.0. The molecule has 9 heteroatoms. The van der Waals surface area contributed by atoms with E-state index in [2.05, 4.69) is 26.0 Å². The Kier molecular flexibility index (Phi) is 7.95. The van der Waals surface area contributed by atoms with Gasteiger partial charge < -0.3 is 10.1 Å². The van der Waals surface area contributed by atoms with Crippen LogP contribution in [-0.4, -0.2) is 33.4 Å². The minimum absolute atomic E-state index is 0.0122. The molecule has 2 rings (SSSR count). The molecule has 7 nitrogen and oxygen atoms in total. The molecule has 0 spiro atoms. The highest BCUT2D eigenvalue weighted by atomic mass is 79.9. The Bertz CT molecular complexity index is 1010. The average Bonchev–Trinajstić information content (AvgIpc) is 2.66. The first kappa shape index (κ1) is 23.1. The van der Waals surface area contributed by atoms with Crippen molar-refractivity contribution in [1.29, 1.82) is 0 Å². The summed E-state index contributed by atoms with van der Waals surface area (Å²) in [6.45, 7) is 4.82. The summed E-state index contributed by atoms with van der Waals surface area (Å²) in [5, 5.41) is 2.76. The minimum Gasteiger partial charge on any atom is -0.455 e. The number of benzene rings is 2. The fraction of sp³-hybridized carbons (Fsp3) is 0.300. The van der Waals surface area contributed by atoms with Gasteiger partial charge in [0.05, 0.1) is 4.90 Å². The summed E-state index contributed by atoms with van der Waals surface area (Å²) in [6, 6.07) is 11.8. The number of amides is 1. The van der Waals surface area contributed by atoms with E-state index in [-0.39, 0.29) is 10.8 Å². The normalized spacial score (nSPS) is 11.3. The van der Waals surface area contributed by atoms with Gasteiger partial charge in [-0.2, -0.15) is 4.72 Å². The standard InChI is InChI=1S/C20H23BrN2O5S/c1-13(2)17-9-4-6-14(3)20(17)23-18(24)12-28-19(25)11-22-29(26,27)16-8-5-7-15(21)10-16/h4-10,13,22H,11-12H2,1-3H3,(H,23,24). The first-order chi connectivity index (χ1) is 13.6. The molecule has 0 bridgehead atoms. The van der Waals surface area contributed by atoms with Crippen molar-refractivity contribution < 1.29 is 22.7 Å². The summed E-state index contributed by atoms with van der Waals surface area (Å²) in [4.78, 5) is 24.0. The Morgan fingerprint density at radius 3 is 2.48 bits per heavy atom. The first-order valence-corrected chi connectivity index (χ1v) is 11.2. The van der Waals surface area contributed by atoms with Crippen molar-refractivity contribution in [3.05, 3.63) is 58.1 Å². The van der Waals surface area contributed by atoms with Crippen molar-refractivity contribution in [3.63, 3.8) is 0 Å². The van der Waals surface area contributed by atoms with Crippen LogP contribution >= 0.6 is 15.9 Å². The van der Waals surface area contributed by atoms with E-state index >= 15 is 0 Å². The van der Waals surface area contributed by atoms with E-state index in [1.807, 2.05) is 39.0 Å². The minimum atomic E-state index is -3.87. The topological polar surface area (TPSA) is 102 Å². The summed E-state index contributed by atoms with van der Waals surface area (Å²) in [5.74, 6) is -1.14. The highest BCUT2D eigenvalue weighted by molar-refractivity contribution is 9.10. The monoisotopic (exact) mass is 482 g/mol. The number of ether oxygens (including phenoxy) is 1. The molecule has 0 radical (unpaired) electrons. The average molecular weight is 483 g/mol. The number of carbonyl (C=O) groups is 2. The number of esters is 1. The molecule has 156 valence electrons. The molecular weight excluding hydrogens is 460 g/mol. The van der Waals surface area contributed by atoms with E-state index in [9.17, 15) is 18.0 Å². The number of nitrogens with one attached hydrogen (secondary N) is 2. The van der Waals surface area contributed by atoms with Crippen LogP contribution in [0.4, 0.5) is 5.69 Å². The molecule has 0 atom stereocenters. The lowest BCUT2D eigenvalue weighted by atomic mass is 9.98. The molecule has 0 aliphatic rings. The van der Waals surface area contributed by atoms with Gasteiger partial charge in [0, 0.05) is 10.2 Å². The van der Waals surface area contributed by atoms with Crippen LogP contribution in [0, 0.1) is 6.92 Å². The highest BCUT2D eigenvalue weighted by Crippen LogP contribution is 2.27. The molecular formula is C20H23BrN2O5S. The molecule has 0 fully saturated rings. The van der Waals surface area contributed by atoms with E-state index in [4.69, 9.17) is 4.74 Å². The summed E-state index contributed by atoms with van der Waals surface area (Å²) in [5.41, 5.74) is 2.57. The molecule has 2 aromatic carbocycles. The second kappa shape index (κ2) is 10.00. The zero-order chi connectivity index (χ0) is 21.6. The van der Waals surface area contributed by atoms with Gasteiger partial charge in [-0.15, -0.1) is 0 Å². The maximum absolute atomic E-state index is 12.2. The van der Waals surface area contributed by atoms with E-state index in [1.54, 1.807) is 12.1 Å². The largest absolute Gasteiger partial charge is 0.455 e. The fourth-order valence-electron chi connectivity index (χ4n) is 2.59. The van der Waals surface area contributed by atoms with Gasteiger partial charge in [-0.25, -0.2) is 8.42 Å². The second-order valence-electron chi connectivity index (χ2n) is 6.68. The molecule has 0 aromatic heterocycles. The van der Waals surface area contributed by atoms with Crippen molar-refractivity contribution >= 4 is 43.5 Å². The Hall–Kier alpha value is -2.23. The second-order valence-corrected chi connectivity index (χ2v) is 9.37. The van der Waals surface area contributed by atoms with E-state index in [1.165, 1.54) is 12.1 Å². The van der Waals surface area contributed by atoms with Gasteiger partial charge in [-0.1, -0.05) is 54.0 Å². The third-order valence-corrected chi connectivity index (χ3v) is 5.96. The van der Waals surface area contributed by atoms with Crippen LogP contribution < -0.4 is 10.0 Å². The molecule has 0 aliphatic heterocycles. The molecule has 1 amide bonds. The number of para-hydroxylation sites is 1. The van der Waals surface area contributed by atoms with Crippen molar-refractivity contribution in [1.82, 2.24) is 4.72 Å². The zero-order valence-electron chi connectivity index (χ0n) is 16.4. The molecule has 2 N–H and O–H groups in total. The zero-order valence-corrected chi connectivity index (χ0v) is 18.8. The van der Waals surface area contributed by atoms with Gasteiger partial charge in [-0.3, -0.25) is 9.59 Å². The molecule has 0 aliphatic carbocycles. The predicted molar refractivity (Wildman–Crippen MR) is 114 cm³/mol. The van der Waals surface area contributed by atoms with Gasteiger partial charge in [0.1, 0.15) is 6.54 Å². The van der Waals surface area contributed by atoms with Crippen molar-refractivity contribution in [2.75, 3.05) is 18.5 Å². The van der Waals surface area contributed by atoms with Crippen molar-refractivity contribution in [2.45, 2.75) is 31.6 Å². The third-order valence-electron chi connectivity index (χ3n) is 4.07. The predicted octanol–water partition coefficient (Wildman–Crippen LogP) is 3.34. The van der Waals surface area contributed by atoms with Crippen LogP contribution in [0.25, 0.3) is 0 Å². The maximum Gasteiger partial charge on any atom is 0.321 e. The number of hydrogen-bond acceptors (Lipinski definition) is 5. The summed E-state index contributed by atoms with van der Waals surface area (Å²) in [7, 11) is -3.87. The van der Waals surface area contributed by atoms with Crippen molar-refractivity contribution in [2.24, 2.45) is 0 Å². The number of halogens is 1. The number of rotatable bonds is 8. The lowest BCUT2D eigenvalue weighted by molar-refractivity contribution is -0.146. The van der Waals surface area contributed by atoms with Crippen LogP contribution in [0.5, 0.6) is 0 Å². The van der Waals surface area contributed by atoms with Gasteiger partial charge in [-0.05, 0) is 42.2 Å². The summed E-state index contributed by atoms with van der Waals surface area (Å²) >= 11 is 3.19. The molecule has 0 saturated carbocycles. The van der Waals surface area contributed by atoms with E-state index in [0.29, 0.717) is 10.2 Å². The van der Waals surface area contributed by atoms with Crippen molar-refractivity contribution in [3.8, 4) is 0 Å². The van der Waals surface area contributed by atoms with Crippen LogP contribution in [-0.2, 0) is 24.3 Å². The number of carbonyl (C=O) groups excluding carboxylic acids is 2. The molecule has 0 saturated heterocycles.